The lowest BCUT2D eigenvalue weighted by atomic mass is 10.3. The molecular weight excluding hydrogens is 318 g/mol. The van der Waals surface area contributed by atoms with E-state index in [1.807, 2.05) is 0 Å². The lowest BCUT2D eigenvalue weighted by molar-refractivity contribution is -0.903. The number of hydrogen-bond acceptors (Lipinski definition) is 5. The van der Waals surface area contributed by atoms with Crippen LogP contribution in [-0.4, -0.2) is 59.7 Å². The maximum absolute atomic E-state index is 12.9. The Balaban J connectivity index is 2.18. The lowest BCUT2D eigenvalue weighted by Gasteiger charge is -2.31. The number of hydrogen-bond donors (Lipinski definition) is 1. The van der Waals surface area contributed by atoms with E-state index in [0.717, 1.165) is 6.54 Å². The number of rotatable bonds is 6. The van der Waals surface area contributed by atoms with Crippen molar-refractivity contribution in [2.75, 3.05) is 46.9 Å². The molecule has 2 rings (SSSR count). The molecule has 1 saturated heterocycles. The van der Waals surface area contributed by atoms with E-state index in [4.69, 9.17) is 14.7 Å². The van der Waals surface area contributed by atoms with Crippen LogP contribution in [0.1, 0.15) is 6.42 Å². The van der Waals surface area contributed by atoms with E-state index in [0.29, 0.717) is 44.1 Å². The Morgan fingerprint density at radius 2 is 1.96 bits per heavy atom. The molecule has 0 saturated carbocycles. The molecule has 0 spiro atoms. The molecule has 1 aromatic carbocycles. The number of nitriles is 1. The molecule has 1 aromatic rings. The SMILES string of the molecule is COc1ccc(OC)c(S(=O)(=O)N2CC[NH+](CCC#N)CC2)c1. The average molecular weight is 340 g/mol. The molecule has 0 aromatic heterocycles. The Hall–Kier alpha value is -1.82. The van der Waals surface area contributed by atoms with Gasteiger partial charge >= 0.3 is 0 Å². The highest BCUT2D eigenvalue weighted by Gasteiger charge is 2.32. The number of quaternary nitrogens is 1. The van der Waals surface area contributed by atoms with E-state index in [1.54, 1.807) is 12.1 Å². The Labute approximate surface area is 137 Å². The van der Waals surface area contributed by atoms with Crippen molar-refractivity contribution in [3.05, 3.63) is 18.2 Å². The second-order valence-corrected chi connectivity index (χ2v) is 7.24. The normalized spacial score (nSPS) is 16.7. The van der Waals surface area contributed by atoms with Gasteiger partial charge < -0.3 is 14.4 Å². The van der Waals surface area contributed by atoms with Crippen LogP contribution in [0.5, 0.6) is 11.5 Å². The molecule has 0 unspecified atom stereocenters. The maximum Gasteiger partial charge on any atom is 0.247 e. The summed E-state index contributed by atoms with van der Waals surface area (Å²) in [7, 11) is -0.687. The van der Waals surface area contributed by atoms with Gasteiger partial charge in [0, 0.05) is 6.07 Å². The fourth-order valence-electron chi connectivity index (χ4n) is 2.65. The molecule has 1 aliphatic heterocycles. The van der Waals surface area contributed by atoms with Crippen molar-refractivity contribution in [3.8, 4) is 17.6 Å². The fourth-order valence-corrected chi connectivity index (χ4v) is 4.26. The van der Waals surface area contributed by atoms with Crippen molar-refractivity contribution in [2.45, 2.75) is 11.3 Å². The van der Waals surface area contributed by atoms with Gasteiger partial charge in [-0.15, -0.1) is 0 Å². The third kappa shape index (κ3) is 3.93. The van der Waals surface area contributed by atoms with E-state index < -0.39 is 10.0 Å². The van der Waals surface area contributed by atoms with Gasteiger partial charge in [0.2, 0.25) is 10.0 Å². The summed E-state index contributed by atoms with van der Waals surface area (Å²) in [6.07, 6.45) is 0.492. The molecule has 1 fully saturated rings. The summed E-state index contributed by atoms with van der Waals surface area (Å²) in [6.45, 7) is 3.03. The van der Waals surface area contributed by atoms with Gasteiger partial charge in [-0.25, -0.2) is 8.42 Å². The van der Waals surface area contributed by atoms with Crippen LogP contribution in [-0.2, 0) is 10.0 Å². The quantitative estimate of drug-likeness (QED) is 0.755. The summed E-state index contributed by atoms with van der Waals surface area (Å²) in [6, 6.07) is 6.88. The Morgan fingerprint density at radius 1 is 1.26 bits per heavy atom. The van der Waals surface area contributed by atoms with E-state index in [-0.39, 0.29) is 4.90 Å². The van der Waals surface area contributed by atoms with E-state index >= 15 is 0 Å². The van der Waals surface area contributed by atoms with Gasteiger partial charge in [0.15, 0.2) is 0 Å². The first-order chi connectivity index (χ1) is 11.0. The number of methoxy groups -OCH3 is 2. The first-order valence-corrected chi connectivity index (χ1v) is 8.89. The summed E-state index contributed by atoms with van der Waals surface area (Å²) in [5.41, 5.74) is 0. The zero-order valence-corrected chi connectivity index (χ0v) is 14.2. The average Bonchev–Trinajstić information content (AvgIpc) is 2.59. The van der Waals surface area contributed by atoms with Gasteiger partial charge in [0.1, 0.15) is 16.4 Å². The van der Waals surface area contributed by atoms with Crippen molar-refractivity contribution in [1.29, 1.82) is 5.26 Å². The minimum atomic E-state index is -3.63. The zero-order chi connectivity index (χ0) is 16.9. The number of ether oxygens (including phenoxy) is 2. The predicted molar refractivity (Wildman–Crippen MR) is 84.1 cm³/mol. The van der Waals surface area contributed by atoms with Crippen molar-refractivity contribution in [1.82, 2.24) is 4.31 Å². The minimum absolute atomic E-state index is 0.125. The van der Waals surface area contributed by atoms with Crippen molar-refractivity contribution in [3.63, 3.8) is 0 Å². The van der Waals surface area contributed by atoms with Gasteiger partial charge in [-0.2, -0.15) is 9.57 Å². The fraction of sp³-hybridized carbons (Fsp3) is 0.533. The van der Waals surface area contributed by atoms with Crippen LogP contribution in [0.15, 0.2) is 23.1 Å². The number of nitrogens with zero attached hydrogens (tertiary/aromatic N) is 2. The van der Waals surface area contributed by atoms with Crippen LogP contribution in [0, 0.1) is 11.3 Å². The molecule has 1 N–H and O–H groups in total. The van der Waals surface area contributed by atoms with Crippen LogP contribution in [0.2, 0.25) is 0 Å². The summed E-state index contributed by atoms with van der Waals surface area (Å²) in [5.74, 6) is 0.785. The predicted octanol–water partition coefficient (Wildman–Crippen LogP) is -0.493. The smallest absolute Gasteiger partial charge is 0.247 e. The Kier molecular flexibility index (Phi) is 5.82. The topological polar surface area (TPSA) is 84.1 Å². The third-order valence-corrected chi connectivity index (χ3v) is 5.93. The van der Waals surface area contributed by atoms with Gasteiger partial charge in [0.05, 0.1) is 59.4 Å². The zero-order valence-electron chi connectivity index (χ0n) is 13.4. The van der Waals surface area contributed by atoms with Gasteiger partial charge in [-0.05, 0) is 12.1 Å². The maximum atomic E-state index is 12.9. The van der Waals surface area contributed by atoms with E-state index in [9.17, 15) is 8.42 Å². The second-order valence-electron chi connectivity index (χ2n) is 5.33. The molecule has 0 aliphatic carbocycles. The standard InChI is InChI=1S/C15H21N3O4S/c1-21-13-4-5-14(22-2)15(12-13)23(19,20)18-10-8-17(9-11-18)7-3-6-16/h4-5,12H,3,7-11H2,1-2H3/p+1. The number of benzene rings is 1. The molecule has 8 heteroatoms. The summed E-state index contributed by atoms with van der Waals surface area (Å²) >= 11 is 0. The summed E-state index contributed by atoms with van der Waals surface area (Å²) < 4.78 is 37.6. The third-order valence-electron chi connectivity index (χ3n) is 4.01. The van der Waals surface area contributed by atoms with Crippen molar-refractivity contribution >= 4 is 10.0 Å². The largest absolute Gasteiger partial charge is 0.497 e. The lowest BCUT2D eigenvalue weighted by Crippen LogP contribution is -3.14. The van der Waals surface area contributed by atoms with Gasteiger partial charge in [-0.1, -0.05) is 0 Å². The second kappa shape index (κ2) is 7.64. The highest BCUT2D eigenvalue weighted by molar-refractivity contribution is 7.89. The molecule has 0 amide bonds. The highest BCUT2D eigenvalue weighted by Crippen LogP contribution is 2.30. The van der Waals surface area contributed by atoms with Crippen molar-refractivity contribution < 1.29 is 22.8 Å². The van der Waals surface area contributed by atoms with Crippen molar-refractivity contribution in [2.24, 2.45) is 0 Å². The molecule has 0 radical (unpaired) electrons. The molecule has 23 heavy (non-hydrogen) atoms. The van der Waals surface area contributed by atoms with Gasteiger partial charge in [-0.3, -0.25) is 0 Å². The highest BCUT2D eigenvalue weighted by atomic mass is 32.2. The molecule has 7 nitrogen and oxygen atoms in total. The Morgan fingerprint density at radius 3 is 2.52 bits per heavy atom. The van der Waals surface area contributed by atoms with Crippen LogP contribution in [0.4, 0.5) is 0 Å². The van der Waals surface area contributed by atoms with Crippen LogP contribution in [0.25, 0.3) is 0 Å². The van der Waals surface area contributed by atoms with E-state index in [2.05, 4.69) is 6.07 Å². The first kappa shape index (κ1) is 17.5. The number of nitrogens with one attached hydrogen (secondary N) is 1. The molecule has 0 bridgehead atoms. The van der Waals surface area contributed by atoms with E-state index in [1.165, 1.54) is 29.5 Å². The molecule has 1 heterocycles. The minimum Gasteiger partial charge on any atom is -0.497 e. The summed E-state index contributed by atoms with van der Waals surface area (Å²) in [4.78, 5) is 1.38. The molecule has 126 valence electrons. The Bertz CT molecular complexity index is 676. The molecular formula is C15H22N3O4S+. The molecule has 0 atom stereocenters. The molecule has 1 aliphatic rings. The first-order valence-electron chi connectivity index (χ1n) is 7.45. The van der Waals surface area contributed by atoms with Crippen LogP contribution >= 0.6 is 0 Å². The summed E-state index contributed by atoms with van der Waals surface area (Å²) in [5, 5.41) is 8.64. The van der Waals surface area contributed by atoms with Gasteiger partial charge in [0.25, 0.3) is 0 Å². The van der Waals surface area contributed by atoms with Crippen LogP contribution < -0.4 is 14.4 Å². The number of piperazine rings is 1. The van der Waals surface area contributed by atoms with Crippen LogP contribution in [0.3, 0.4) is 0 Å². The number of sulfonamides is 1. The monoisotopic (exact) mass is 340 g/mol.